The second kappa shape index (κ2) is 13.0. The van der Waals surface area contributed by atoms with Crippen molar-refractivity contribution < 1.29 is 9.13 Å². The van der Waals surface area contributed by atoms with Crippen LogP contribution < -0.4 is 10.6 Å². The molecule has 2 aliphatic rings. The number of morpholine rings is 1. The Balaban J connectivity index is 1.43. The number of hydrogen-bond donors (Lipinski definition) is 2. The Morgan fingerprint density at radius 1 is 1.13 bits per heavy atom. The number of halogens is 1. The molecule has 6 nitrogen and oxygen atoms in total. The average Bonchev–Trinajstić information content (AvgIpc) is 2.80. The lowest BCUT2D eigenvalue weighted by Crippen LogP contribution is -2.46. The van der Waals surface area contributed by atoms with Gasteiger partial charge in [0.2, 0.25) is 0 Å². The average molecular weight is 434 g/mol. The summed E-state index contributed by atoms with van der Waals surface area (Å²) < 4.78 is 18.9. The molecular weight excluding hydrogens is 393 g/mol. The minimum atomic E-state index is -0.200. The van der Waals surface area contributed by atoms with Gasteiger partial charge in [-0.2, -0.15) is 0 Å². The molecule has 2 saturated heterocycles. The van der Waals surface area contributed by atoms with E-state index in [-0.39, 0.29) is 11.9 Å². The van der Waals surface area contributed by atoms with Crippen molar-refractivity contribution in [2.24, 2.45) is 4.99 Å². The van der Waals surface area contributed by atoms with Crippen molar-refractivity contribution >= 4 is 5.96 Å². The summed E-state index contributed by atoms with van der Waals surface area (Å²) >= 11 is 0. The van der Waals surface area contributed by atoms with Crippen LogP contribution in [0.25, 0.3) is 0 Å². The van der Waals surface area contributed by atoms with Crippen molar-refractivity contribution in [2.75, 3.05) is 59.5 Å². The van der Waals surface area contributed by atoms with E-state index >= 15 is 0 Å². The molecule has 2 atom stereocenters. The predicted octanol–water partition coefficient (Wildman–Crippen LogP) is 3.02. The summed E-state index contributed by atoms with van der Waals surface area (Å²) in [5.74, 6) is 0.626. The molecule has 2 N–H and O–H groups in total. The first kappa shape index (κ1) is 24.0. The van der Waals surface area contributed by atoms with Gasteiger partial charge in [0.15, 0.2) is 5.96 Å². The lowest BCUT2D eigenvalue weighted by atomic mass is 10.0. The van der Waals surface area contributed by atoms with E-state index in [9.17, 15) is 4.39 Å². The largest absolute Gasteiger partial charge is 0.379 e. The Morgan fingerprint density at radius 3 is 2.61 bits per heavy atom. The maximum absolute atomic E-state index is 13.4. The highest BCUT2D eigenvalue weighted by Crippen LogP contribution is 2.21. The van der Waals surface area contributed by atoms with E-state index in [4.69, 9.17) is 4.74 Å². The number of rotatable bonds is 9. The molecular formula is C24H40FN5O. The second-order valence-corrected chi connectivity index (χ2v) is 8.68. The second-order valence-electron chi connectivity index (χ2n) is 8.68. The van der Waals surface area contributed by atoms with E-state index in [0.29, 0.717) is 0 Å². The molecule has 0 amide bonds. The molecule has 2 heterocycles. The molecule has 174 valence electrons. The van der Waals surface area contributed by atoms with Crippen molar-refractivity contribution in [3.05, 3.63) is 35.6 Å². The minimum absolute atomic E-state index is 0.156. The van der Waals surface area contributed by atoms with Gasteiger partial charge in [-0.3, -0.25) is 9.89 Å². The molecule has 0 radical (unpaired) electrons. The Bertz CT molecular complexity index is 662. The summed E-state index contributed by atoms with van der Waals surface area (Å²) in [5.41, 5.74) is 1.11. The molecule has 1 aromatic carbocycles. The van der Waals surface area contributed by atoms with Crippen LogP contribution in [0.15, 0.2) is 29.3 Å². The van der Waals surface area contributed by atoms with Crippen LogP contribution in [0.1, 0.15) is 50.6 Å². The zero-order valence-corrected chi connectivity index (χ0v) is 19.3. The number of hydrogen-bond acceptors (Lipinski definition) is 4. The molecule has 3 rings (SSSR count). The third kappa shape index (κ3) is 7.74. The van der Waals surface area contributed by atoms with E-state index in [1.807, 2.05) is 19.2 Å². The molecule has 2 unspecified atom stereocenters. The SMILES string of the molecule is CN=C(NCCCCN1CCCCC1C)NCC(c1ccc(F)cc1)N1CCOCC1. The van der Waals surface area contributed by atoms with Gasteiger partial charge in [0.25, 0.3) is 0 Å². The van der Waals surface area contributed by atoms with Crippen LogP contribution in [0.4, 0.5) is 4.39 Å². The van der Waals surface area contributed by atoms with Crippen LogP contribution in [0, 0.1) is 5.82 Å². The fourth-order valence-electron chi connectivity index (χ4n) is 4.58. The Morgan fingerprint density at radius 2 is 1.90 bits per heavy atom. The number of guanidine groups is 1. The van der Waals surface area contributed by atoms with E-state index in [0.717, 1.165) is 63.4 Å². The lowest BCUT2D eigenvalue weighted by molar-refractivity contribution is 0.0170. The van der Waals surface area contributed by atoms with Gasteiger partial charge in [0, 0.05) is 39.3 Å². The summed E-state index contributed by atoms with van der Waals surface area (Å²) in [6, 6.07) is 7.74. The monoisotopic (exact) mass is 433 g/mol. The maximum Gasteiger partial charge on any atom is 0.191 e. The highest BCUT2D eigenvalue weighted by atomic mass is 19.1. The first-order valence-corrected chi connectivity index (χ1v) is 11.9. The van der Waals surface area contributed by atoms with E-state index in [1.165, 1.54) is 38.8 Å². The number of nitrogens with one attached hydrogen (secondary N) is 2. The number of piperidine rings is 1. The Labute approximate surface area is 187 Å². The van der Waals surface area contributed by atoms with E-state index in [1.54, 1.807) is 12.1 Å². The summed E-state index contributed by atoms with van der Waals surface area (Å²) in [5, 5.41) is 6.93. The first-order valence-electron chi connectivity index (χ1n) is 11.9. The van der Waals surface area contributed by atoms with Crippen LogP contribution in [0.2, 0.25) is 0 Å². The predicted molar refractivity (Wildman–Crippen MR) is 125 cm³/mol. The molecule has 0 saturated carbocycles. The summed E-state index contributed by atoms with van der Waals surface area (Å²) in [7, 11) is 1.81. The highest BCUT2D eigenvalue weighted by molar-refractivity contribution is 5.79. The van der Waals surface area contributed by atoms with Crippen molar-refractivity contribution in [1.29, 1.82) is 0 Å². The van der Waals surface area contributed by atoms with Gasteiger partial charge in [0.1, 0.15) is 5.82 Å². The number of likely N-dealkylation sites (tertiary alicyclic amines) is 1. The van der Waals surface area contributed by atoms with Gasteiger partial charge in [0.05, 0.1) is 19.3 Å². The normalized spacial score (nSPS) is 22.3. The zero-order chi connectivity index (χ0) is 21.9. The third-order valence-electron chi connectivity index (χ3n) is 6.53. The zero-order valence-electron chi connectivity index (χ0n) is 19.3. The number of aliphatic imine (C=N–C) groups is 1. The van der Waals surface area contributed by atoms with Gasteiger partial charge in [-0.05, 0) is 63.4 Å². The number of unbranched alkanes of at least 4 members (excludes halogenated alkanes) is 1. The van der Waals surface area contributed by atoms with Crippen molar-refractivity contribution in [1.82, 2.24) is 20.4 Å². The molecule has 1 aromatic rings. The third-order valence-corrected chi connectivity index (χ3v) is 6.53. The topological polar surface area (TPSA) is 52.1 Å². The quantitative estimate of drug-likeness (QED) is 0.356. The molecule has 0 aromatic heterocycles. The molecule has 0 bridgehead atoms. The molecule has 31 heavy (non-hydrogen) atoms. The van der Waals surface area contributed by atoms with Crippen molar-refractivity contribution in [3.63, 3.8) is 0 Å². The van der Waals surface area contributed by atoms with Gasteiger partial charge in [-0.1, -0.05) is 18.6 Å². The lowest BCUT2D eigenvalue weighted by Gasteiger charge is -2.35. The van der Waals surface area contributed by atoms with Crippen LogP contribution in [0.3, 0.4) is 0 Å². The Hall–Kier alpha value is -1.70. The standard InChI is InChI=1S/C24H40FN5O/c1-20-7-3-5-13-29(20)14-6-4-12-27-24(26-2)28-19-23(30-15-17-31-18-16-30)21-8-10-22(25)11-9-21/h8-11,20,23H,3-7,12-19H2,1-2H3,(H2,26,27,28). The minimum Gasteiger partial charge on any atom is -0.379 e. The van der Waals surface area contributed by atoms with Crippen molar-refractivity contribution in [2.45, 2.75) is 51.1 Å². The number of ether oxygens (including phenoxy) is 1. The molecule has 7 heteroatoms. The number of nitrogens with zero attached hydrogens (tertiary/aromatic N) is 3. The van der Waals surface area contributed by atoms with Crippen LogP contribution in [-0.2, 0) is 4.74 Å². The van der Waals surface area contributed by atoms with Gasteiger partial charge < -0.3 is 20.3 Å². The van der Waals surface area contributed by atoms with Crippen LogP contribution >= 0.6 is 0 Å². The fraction of sp³-hybridized carbons (Fsp3) is 0.708. The molecule has 2 aliphatic heterocycles. The molecule has 2 fully saturated rings. The summed E-state index contributed by atoms with van der Waals surface area (Å²) in [6.07, 6.45) is 6.41. The first-order chi connectivity index (χ1) is 15.2. The number of benzene rings is 1. The van der Waals surface area contributed by atoms with Gasteiger partial charge >= 0.3 is 0 Å². The van der Waals surface area contributed by atoms with Crippen molar-refractivity contribution in [3.8, 4) is 0 Å². The Kier molecular flexibility index (Phi) is 10.0. The summed E-state index contributed by atoms with van der Waals surface area (Å²) in [4.78, 5) is 9.42. The fourth-order valence-corrected chi connectivity index (χ4v) is 4.58. The smallest absolute Gasteiger partial charge is 0.191 e. The highest BCUT2D eigenvalue weighted by Gasteiger charge is 2.23. The molecule has 0 aliphatic carbocycles. The summed E-state index contributed by atoms with van der Waals surface area (Å²) in [6.45, 7) is 9.67. The van der Waals surface area contributed by atoms with Gasteiger partial charge in [-0.25, -0.2) is 4.39 Å². The molecule has 0 spiro atoms. The van der Waals surface area contributed by atoms with E-state index < -0.39 is 0 Å². The van der Waals surface area contributed by atoms with Crippen LogP contribution in [-0.4, -0.2) is 81.3 Å². The van der Waals surface area contributed by atoms with E-state index in [2.05, 4.69) is 32.3 Å². The maximum atomic E-state index is 13.4. The van der Waals surface area contributed by atoms with Crippen LogP contribution in [0.5, 0.6) is 0 Å². The van der Waals surface area contributed by atoms with Gasteiger partial charge in [-0.15, -0.1) is 0 Å².